The van der Waals surface area contributed by atoms with E-state index in [2.05, 4.69) is 21.2 Å². The normalized spacial score (nSPS) is 19.0. The summed E-state index contributed by atoms with van der Waals surface area (Å²) in [5.74, 6) is -0.392. The highest BCUT2D eigenvalue weighted by Gasteiger charge is 2.38. The molecule has 1 N–H and O–H groups in total. The van der Waals surface area contributed by atoms with Gasteiger partial charge in [0.15, 0.2) is 0 Å². The summed E-state index contributed by atoms with van der Waals surface area (Å²) >= 11 is 3.43. The number of piperazine rings is 1. The minimum absolute atomic E-state index is 0.00964. The summed E-state index contributed by atoms with van der Waals surface area (Å²) in [6.07, 6.45) is 0.222. The lowest BCUT2D eigenvalue weighted by Crippen LogP contribution is -2.53. The summed E-state index contributed by atoms with van der Waals surface area (Å²) in [5, 5.41) is 2.91. The topological polar surface area (TPSA) is 73.0 Å². The second kappa shape index (κ2) is 9.09. The van der Waals surface area contributed by atoms with Crippen LogP contribution in [0.3, 0.4) is 0 Å². The van der Waals surface area contributed by atoms with Gasteiger partial charge in [0.25, 0.3) is 0 Å². The Hall–Kier alpha value is -2.87. The molecule has 7 nitrogen and oxygen atoms in total. The summed E-state index contributed by atoms with van der Waals surface area (Å²) in [7, 11) is 0. The first-order valence-electron chi connectivity index (χ1n) is 10.4. The standard InChI is InChI=1S/C23H25BrN4O3/c1-16-4-2-6-19(12-16)25-23(31)27-10-8-26(9-11-27)22(30)17-13-21(29)28(15-17)20-7-3-5-18(24)14-20/h2-7,12,14,17H,8-11,13,15H2,1H3,(H,25,31). The number of anilines is 2. The number of nitrogens with one attached hydrogen (secondary N) is 1. The Morgan fingerprint density at radius 1 is 1.00 bits per heavy atom. The molecule has 2 aromatic carbocycles. The van der Waals surface area contributed by atoms with Crippen LogP contribution in [-0.2, 0) is 9.59 Å². The summed E-state index contributed by atoms with van der Waals surface area (Å²) < 4.78 is 0.896. The van der Waals surface area contributed by atoms with Crippen LogP contribution in [0.25, 0.3) is 0 Å². The number of halogens is 1. The van der Waals surface area contributed by atoms with E-state index < -0.39 is 0 Å². The maximum atomic E-state index is 13.0. The lowest BCUT2D eigenvalue weighted by molar-refractivity contribution is -0.137. The zero-order valence-electron chi connectivity index (χ0n) is 17.4. The summed E-state index contributed by atoms with van der Waals surface area (Å²) in [5.41, 5.74) is 2.64. The largest absolute Gasteiger partial charge is 0.339 e. The smallest absolute Gasteiger partial charge is 0.321 e. The maximum Gasteiger partial charge on any atom is 0.321 e. The first kappa shape index (κ1) is 21.4. The molecule has 162 valence electrons. The Bertz CT molecular complexity index is 1000. The molecule has 2 fully saturated rings. The van der Waals surface area contributed by atoms with Gasteiger partial charge < -0.3 is 20.0 Å². The number of amides is 4. The van der Waals surface area contributed by atoms with Crippen molar-refractivity contribution in [2.45, 2.75) is 13.3 Å². The molecule has 4 rings (SSSR count). The van der Waals surface area contributed by atoms with Crippen molar-refractivity contribution in [1.29, 1.82) is 0 Å². The van der Waals surface area contributed by atoms with Crippen LogP contribution in [0.4, 0.5) is 16.2 Å². The second-order valence-electron chi connectivity index (χ2n) is 8.00. The van der Waals surface area contributed by atoms with E-state index in [1.54, 1.807) is 14.7 Å². The van der Waals surface area contributed by atoms with Gasteiger partial charge in [-0.1, -0.05) is 34.1 Å². The van der Waals surface area contributed by atoms with Crippen molar-refractivity contribution in [2.75, 3.05) is 42.9 Å². The quantitative estimate of drug-likeness (QED) is 0.724. The minimum atomic E-state index is -0.348. The third-order valence-electron chi connectivity index (χ3n) is 5.74. The summed E-state index contributed by atoms with van der Waals surface area (Å²) in [4.78, 5) is 43.2. The predicted molar refractivity (Wildman–Crippen MR) is 123 cm³/mol. The van der Waals surface area contributed by atoms with Gasteiger partial charge in [0.05, 0.1) is 5.92 Å². The fraction of sp³-hybridized carbons (Fsp3) is 0.348. The van der Waals surface area contributed by atoms with Crippen molar-refractivity contribution in [3.05, 3.63) is 58.6 Å². The number of rotatable bonds is 3. The number of urea groups is 1. The van der Waals surface area contributed by atoms with Gasteiger partial charge >= 0.3 is 6.03 Å². The zero-order chi connectivity index (χ0) is 22.0. The third kappa shape index (κ3) is 4.90. The third-order valence-corrected chi connectivity index (χ3v) is 6.24. The molecule has 1 atom stereocenters. The first-order chi connectivity index (χ1) is 14.9. The highest BCUT2D eigenvalue weighted by atomic mass is 79.9. The van der Waals surface area contributed by atoms with E-state index in [0.29, 0.717) is 32.7 Å². The van der Waals surface area contributed by atoms with E-state index in [0.717, 1.165) is 21.4 Å². The van der Waals surface area contributed by atoms with Crippen molar-refractivity contribution in [2.24, 2.45) is 5.92 Å². The molecule has 0 aromatic heterocycles. The molecule has 1 unspecified atom stereocenters. The number of hydrogen-bond acceptors (Lipinski definition) is 3. The summed E-state index contributed by atoms with van der Waals surface area (Å²) in [6, 6.07) is 15.1. The molecule has 31 heavy (non-hydrogen) atoms. The van der Waals surface area contributed by atoms with Crippen LogP contribution in [0.15, 0.2) is 53.0 Å². The molecule has 2 aliphatic heterocycles. The number of aryl methyl sites for hydroxylation is 1. The Labute approximate surface area is 190 Å². The molecular weight excluding hydrogens is 460 g/mol. The Balaban J connectivity index is 1.31. The molecule has 2 aliphatic rings. The van der Waals surface area contributed by atoms with Crippen molar-refractivity contribution in [1.82, 2.24) is 9.80 Å². The number of carbonyl (C=O) groups excluding carboxylic acids is 3. The molecule has 0 radical (unpaired) electrons. The molecule has 0 bridgehead atoms. The molecule has 2 aromatic rings. The lowest BCUT2D eigenvalue weighted by Gasteiger charge is -2.35. The summed E-state index contributed by atoms with van der Waals surface area (Å²) in [6.45, 7) is 4.26. The zero-order valence-corrected chi connectivity index (χ0v) is 19.0. The van der Waals surface area contributed by atoms with Crippen molar-refractivity contribution < 1.29 is 14.4 Å². The number of carbonyl (C=O) groups is 3. The average molecular weight is 485 g/mol. The van der Waals surface area contributed by atoms with Gasteiger partial charge in [-0.15, -0.1) is 0 Å². The monoisotopic (exact) mass is 484 g/mol. The predicted octanol–water partition coefficient (Wildman–Crippen LogP) is 3.49. The SMILES string of the molecule is Cc1cccc(NC(=O)N2CCN(C(=O)C3CC(=O)N(c4cccc(Br)c4)C3)CC2)c1. The van der Waals surface area contributed by atoms with Crippen LogP contribution in [0.5, 0.6) is 0 Å². The molecule has 8 heteroatoms. The highest BCUT2D eigenvalue weighted by molar-refractivity contribution is 9.10. The van der Waals surface area contributed by atoms with Gasteiger partial charge in [0, 0.05) is 55.0 Å². The van der Waals surface area contributed by atoms with E-state index in [9.17, 15) is 14.4 Å². The van der Waals surface area contributed by atoms with Gasteiger partial charge in [0.1, 0.15) is 0 Å². The number of benzene rings is 2. The average Bonchev–Trinajstić information content (AvgIpc) is 3.15. The molecule has 0 saturated carbocycles. The van der Waals surface area contributed by atoms with Crippen LogP contribution in [0, 0.1) is 12.8 Å². The fourth-order valence-corrected chi connectivity index (χ4v) is 4.47. The van der Waals surface area contributed by atoms with Crippen LogP contribution >= 0.6 is 15.9 Å². The van der Waals surface area contributed by atoms with Crippen molar-refractivity contribution in [3.8, 4) is 0 Å². The van der Waals surface area contributed by atoms with Gasteiger partial charge in [-0.05, 0) is 42.8 Å². The Kier molecular flexibility index (Phi) is 6.27. The number of hydrogen-bond donors (Lipinski definition) is 1. The molecule has 2 heterocycles. The molecular formula is C23H25BrN4O3. The Morgan fingerprint density at radius 2 is 1.71 bits per heavy atom. The maximum absolute atomic E-state index is 13.0. The van der Waals surface area contributed by atoms with Gasteiger partial charge in [-0.3, -0.25) is 9.59 Å². The first-order valence-corrected chi connectivity index (χ1v) is 11.2. The van der Waals surface area contributed by atoms with Crippen LogP contribution in [0.1, 0.15) is 12.0 Å². The van der Waals surface area contributed by atoms with Gasteiger partial charge in [-0.2, -0.15) is 0 Å². The van der Waals surface area contributed by atoms with Crippen LogP contribution in [-0.4, -0.2) is 60.4 Å². The molecule has 0 spiro atoms. The lowest BCUT2D eigenvalue weighted by atomic mass is 10.1. The Morgan fingerprint density at radius 3 is 2.42 bits per heavy atom. The van der Waals surface area contributed by atoms with E-state index >= 15 is 0 Å². The van der Waals surface area contributed by atoms with Crippen LogP contribution < -0.4 is 10.2 Å². The molecule has 4 amide bonds. The van der Waals surface area contributed by atoms with Gasteiger partial charge in [-0.25, -0.2) is 4.79 Å². The van der Waals surface area contributed by atoms with E-state index in [-0.39, 0.29) is 30.2 Å². The highest BCUT2D eigenvalue weighted by Crippen LogP contribution is 2.28. The van der Waals surface area contributed by atoms with E-state index in [1.165, 1.54) is 0 Å². The minimum Gasteiger partial charge on any atom is -0.339 e. The molecule has 0 aliphatic carbocycles. The van der Waals surface area contributed by atoms with E-state index in [1.807, 2.05) is 55.5 Å². The van der Waals surface area contributed by atoms with Gasteiger partial charge in [0.2, 0.25) is 11.8 Å². The number of nitrogens with zero attached hydrogens (tertiary/aromatic N) is 3. The van der Waals surface area contributed by atoms with Crippen molar-refractivity contribution in [3.63, 3.8) is 0 Å². The fourth-order valence-electron chi connectivity index (χ4n) is 4.08. The second-order valence-corrected chi connectivity index (χ2v) is 8.91. The van der Waals surface area contributed by atoms with E-state index in [4.69, 9.17) is 0 Å². The van der Waals surface area contributed by atoms with Crippen molar-refractivity contribution >= 4 is 45.2 Å². The van der Waals surface area contributed by atoms with Crippen LogP contribution in [0.2, 0.25) is 0 Å². The molecule has 2 saturated heterocycles.